The summed E-state index contributed by atoms with van der Waals surface area (Å²) < 4.78 is 48.0. The van der Waals surface area contributed by atoms with E-state index in [2.05, 4.69) is 31.9 Å². The molecule has 0 aromatic carbocycles. The van der Waals surface area contributed by atoms with Crippen LogP contribution in [0.2, 0.25) is 5.02 Å². The van der Waals surface area contributed by atoms with Gasteiger partial charge in [-0.25, -0.2) is 0 Å². The van der Waals surface area contributed by atoms with Crippen LogP contribution in [0.25, 0.3) is 11.0 Å². The quantitative estimate of drug-likeness (QED) is 0.537. The highest BCUT2D eigenvalue weighted by atomic mass is 35.5. The Hall–Kier alpha value is -3.28. The number of nitrogens with zero attached hydrogens (tertiary/aromatic N) is 5. The van der Waals surface area contributed by atoms with Gasteiger partial charge in [0, 0.05) is 38.4 Å². The maximum Gasteiger partial charge on any atom is 0.393 e. The summed E-state index contributed by atoms with van der Waals surface area (Å²) in [5.41, 5.74) is 0.968. The number of hydrogen-bond donors (Lipinski definition) is 2. The second kappa shape index (κ2) is 8.34. The van der Waals surface area contributed by atoms with Gasteiger partial charge >= 0.3 is 6.18 Å². The molecule has 1 amide bonds. The molecule has 4 rings (SSSR count). The number of fused-ring (bicyclic) bond motifs is 1. The largest absolute Gasteiger partial charge is 0.477 e. The van der Waals surface area contributed by atoms with Gasteiger partial charge < -0.3 is 19.9 Å². The van der Waals surface area contributed by atoms with Crippen LogP contribution in [0.4, 0.5) is 24.8 Å². The van der Waals surface area contributed by atoms with Crippen LogP contribution >= 0.6 is 11.6 Å². The van der Waals surface area contributed by atoms with Gasteiger partial charge in [0.15, 0.2) is 0 Å². The van der Waals surface area contributed by atoms with Crippen LogP contribution in [0.1, 0.15) is 0 Å². The molecule has 0 spiro atoms. The van der Waals surface area contributed by atoms with Gasteiger partial charge in [0.2, 0.25) is 17.7 Å². The van der Waals surface area contributed by atoms with E-state index in [1.54, 1.807) is 24.1 Å². The zero-order chi connectivity index (χ0) is 23.0. The number of H-pyrrole nitrogens is 1. The van der Waals surface area contributed by atoms with Gasteiger partial charge in [-0.3, -0.25) is 9.48 Å². The van der Waals surface area contributed by atoms with Crippen molar-refractivity contribution in [3.8, 4) is 5.88 Å². The van der Waals surface area contributed by atoms with E-state index >= 15 is 0 Å². The Bertz CT molecular complexity index is 1160. The molecule has 170 valence electrons. The molecule has 1 fully saturated rings. The lowest BCUT2D eigenvalue weighted by Gasteiger charge is -2.21. The molecule has 0 aliphatic carbocycles. The molecule has 2 unspecified atom stereocenters. The molecule has 0 radical (unpaired) electrons. The number of likely N-dealkylation sites (tertiary alicyclic amines) is 1. The zero-order valence-corrected chi connectivity index (χ0v) is 17.6. The third-order valence-electron chi connectivity index (χ3n) is 5.19. The molecule has 3 aromatic rings. The summed E-state index contributed by atoms with van der Waals surface area (Å²) in [5.74, 6) is -3.07. The SMILES string of the molecule is C=CC(=O)N1CC(COc2nc(Nc3cnn(C)c3)nc3[nH]cc(Cl)c23)C(C(F)(F)F)C1. The van der Waals surface area contributed by atoms with Crippen LogP contribution < -0.4 is 10.1 Å². The summed E-state index contributed by atoms with van der Waals surface area (Å²) in [7, 11) is 1.74. The van der Waals surface area contributed by atoms with Crippen molar-refractivity contribution in [2.75, 3.05) is 25.0 Å². The number of hydrogen-bond acceptors (Lipinski definition) is 6. The van der Waals surface area contributed by atoms with Gasteiger partial charge in [0.1, 0.15) is 5.65 Å². The normalized spacial score (nSPS) is 18.8. The zero-order valence-electron chi connectivity index (χ0n) is 16.9. The van der Waals surface area contributed by atoms with Crippen molar-refractivity contribution in [1.82, 2.24) is 29.6 Å². The number of halogens is 4. The van der Waals surface area contributed by atoms with E-state index in [1.807, 2.05) is 0 Å². The number of rotatable bonds is 6. The lowest BCUT2D eigenvalue weighted by atomic mass is 9.96. The van der Waals surface area contributed by atoms with Crippen LogP contribution in [0.5, 0.6) is 5.88 Å². The molecule has 4 heterocycles. The Labute approximate surface area is 185 Å². The van der Waals surface area contributed by atoms with Crippen molar-refractivity contribution in [3.05, 3.63) is 36.3 Å². The third-order valence-corrected chi connectivity index (χ3v) is 5.49. The number of nitrogens with one attached hydrogen (secondary N) is 2. The first-order valence-electron chi connectivity index (χ1n) is 9.57. The van der Waals surface area contributed by atoms with Crippen molar-refractivity contribution in [1.29, 1.82) is 0 Å². The molecule has 2 atom stereocenters. The number of ether oxygens (including phenoxy) is 1. The number of amides is 1. The Balaban J connectivity index is 1.59. The molecule has 2 N–H and O–H groups in total. The number of anilines is 2. The monoisotopic (exact) mass is 469 g/mol. The van der Waals surface area contributed by atoms with Crippen molar-refractivity contribution in [2.24, 2.45) is 18.9 Å². The number of carbonyl (C=O) groups is 1. The first-order valence-corrected chi connectivity index (χ1v) is 9.94. The summed E-state index contributed by atoms with van der Waals surface area (Å²) in [6.07, 6.45) is 1.27. The summed E-state index contributed by atoms with van der Waals surface area (Å²) in [6.45, 7) is 2.48. The third kappa shape index (κ3) is 4.35. The molecule has 1 aliphatic heterocycles. The smallest absolute Gasteiger partial charge is 0.393 e. The average molecular weight is 470 g/mol. The van der Waals surface area contributed by atoms with Gasteiger partial charge in [-0.15, -0.1) is 0 Å². The number of aromatic amines is 1. The van der Waals surface area contributed by atoms with E-state index in [1.165, 1.54) is 6.20 Å². The van der Waals surface area contributed by atoms with E-state index in [4.69, 9.17) is 16.3 Å². The lowest BCUT2D eigenvalue weighted by molar-refractivity contribution is -0.182. The van der Waals surface area contributed by atoms with E-state index in [0.717, 1.165) is 11.0 Å². The topological polar surface area (TPSA) is 101 Å². The molecule has 13 heteroatoms. The predicted molar refractivity (Wildman–Crippen MR) is 111 cm³/mol. The molecular weight excluding hydrogens is 451 g/mol. The summed E-state index contributed by atoms with van der Waals surface area (Å²) >= 11 is 6.20. The summed E-state index contributed by atoms with van der Waals surface area (Å²) in [4.78, 5) is 24.5. The van der Waals surface area contributed by atoms with Crippen LogP contribution in [0, 0.1) is 11.8 Å². The number of aryl methyl sites for hydroxylation is 1. The van der Waals surface area contributed by atoms with Crippen molar-refractivity contribution < 1.29 is 22.7 Å². The van der Waals surface area contributed by atoms with Gasteiger partial charge in [-0.2, -0.15) is 28.2 Å². The van der Waals surface area contributed by atoms with Gasteiger partial charge in [0.05, 0.1) is 34.8 Å². The highest BCUT2D eigenvalue weighted by Gasteiger charge is 2.50. The maximum atomic E-state index is 13.6. The van der Waals surface area contributed by atoms with Crippen LogP contribution in [-0.2, 0) is 11.8 Å². The van der Waals surface area contributed by atoms with E-state index < -0.39 is 30.5 Å². The van der Waals surface area contributed by atoms with Gasteiger partial charge in [0.25, 0.3) is 0 Å². The van der Waals surface area contributed by atoms with Gasteiger partial charge in [-0.1, -0.05) is 18.2 Å². The predicted octanol–water partition coefficient (Wildman–Crippen LogP) is 3.29. The van der Waals surface area contributed by atoms with Crippen molar-refractivity contribution in [3.63, 3.8) is 0 Å². The Kier molecular flexibility index (Phi) is 5.71. The minimum Gasteiger partial charge on any atom is -0.477 e. The fourth-order valence-electron chi connectivity index (χ4n) is 3.64. The second-order valence-corrected chi connectivity index (χ2v) is 7.81. The average Bonchev–Trinajstić information content (AvgIpc) is 3.44. The van der Waals surface area contributed by atoms with Gasteiger partial charge in [-0.05, 0) is 6.08 Å². The van der Waals surface area contributed by atoms with Crippen molar-refractivity contribution in [2.45, 2.75) is 6.18 Å². The summed E-state index contributed by atoms with van der Waals surface area (Å²) in [5, 5.41) is 7.63. The lowest BCUT2D eigenvalue weighted by Crippen LogP contribution is -2.33. The standard InChI is InChI=1S/C19H19ClF3N7O2/c1-3-14(31)30-6-10(12(8-30)19(21,22)23)9-32-17-15-13(20)5-24-16(15)27-18(28-17)26-11-4-25-29(2)7-11/h3-5,7,10,12H,1,6,8-9H2,2H3,(H2,24,26,27,28). The van der Waals surface area contributed by atoms with Crippen LogP contribution in [-0.4, -0.2) is 61.4 Å². The van der Waals surface area contributed by atoms with E-state index in [9.17, 15) is 18.0 Å². The first-order chi connectivity index (χ1) is 15.2. The highest BCUT2D eigenvalue weighted by molar-refractivity contribution is 6.35. The molecule has 0 saturated carbocycles. The minimum atomic E-state index is -4.48. The molecule has 32 heavy (non-hydrogen) atoms. The minimum absolute atomic E-state index is 0.0297. The van der Waals surface area contributed by atoms with Crippen molar-refractivity contribution >= 4 is 40.2 Å². The number of alkyl halides is 3. The molecule has 1 aliphatic rings. The fraction of sp³-hybridized carbons (Fsp3) is 0.368. The Morgan fingerprint density at radius 1 is 1.44 bits per heavy atom. The molecule has 9 nitrogen and oxygen atoms in total. The van der Waals surface area contributed by atoms with Crippen LogP contribution in [0.15, 0.2) is 31.2 Å². The summed E-state index contributed by atoms with van der Waals surface area (Å²) in [6, 6.07) is 0. The fourth-order valence-corrected chi connectivity index (χ4v) is 3.87. The van der Waals surface area contributed by atoms with E-state index in [-0.39, 0.29) is 30.0 Å². The maximum absolute atomic E-state index is 13.6. The van der Waals surface area contributed by atoms with E-state index in [0.29, 0.717) is 16.7 Å². The molecule has 1 saturated heterocycles. The Morgan fingerprint density at radius 3 is 2.88 bits per heavy atom. The molecule has 0 bridgehead atoms. The molecule has 3 aromatic heterocycles. The van der Waals surface area contributed by atoms with Crippen LogP contribution in [0.3, 0.4) is 0 Å². The number of carbonyl (C=O) groups excluding carboxylic acids is 1. The molecular formula is C19H19ClF3N7O2. The first kappa shape index (κ1) is 21.9. The number of aromatic nitrogens is 5. The highest BCUT2D eigenvalue weighted by Crippen LogP contribution is 2.39. The second-order valence-electron chi connectivity index (χ2n) is 7.41. The Morgan fingerprint density at radius 2 is 2.22 bits per heavy atom.